The minimum absolute atomic E-state index is 0. The Labute approximate surface area is 121 Å². The maximum Gasteiger partial charge on any atom is 0.411 e. The number of halogens is 4. The van der Waals surface area contributed by atoms with Crippen molar-refractivity contribution in [2.24, 2.45) is 5.73 Å². The average Bonchev–Trinajstić information content (AvgIpc) is 2.28. The van der Waals surface area contributed by atoms with Gasteiger partial charge in [0.2, 0.25) is 5.91 Å². The molecule has 1 aliphatic rings. The molecule has 0 aliphatic carbocycles. The molecule has 1 aliphatic heterocycles. The van der Waals surface area contributed by atoms with E-state index in [1.54, 1.807) is 6.92 Å². The van der Waals surface area contributed by atoms with E-state index in [0.717, 1.165) is 0 Å². The summed E-state index contributed by atoms with van der Waals surface area (Å²) in [5.41, 5.74) is 4.93. The fourth-order valence-corrected chi connectivity index (χ4v) is 1.72. The molecule has 0 aromatic heterocycles. The molecule has 0 spiro atoms. The van der Waals surface area contributed by atoms with Crippen LogP contribution in [0.15, 0.2) is 0 Å². The third-order valence-corrected chi connectivity index (χ3v) is 2.85. The smallest absolute Gasteiger partial charge is 0.381 e. The van der Waals surface area contributed by atoms with Gasteiger partial charge in [0.15, 0.2) is 0 Å². The number of hydrogen-bond donors (Lipinski definition) is 2. The van der Waals surface area contributed by atoms with Gasteiger partial charge in [-0.05, 0) is 19.8 Å². The predicted molar refractivity (Wildman–Crippen MR) is 68.7 cm³/mol. The highest BCUT2D eigenvalue weighted by Gasteiger charge is 2.36. The Balaban J connectivity index is 0.00000361. The van der Waals surface area contributed by atoms with E-state index in [4.69, 9.17) is 10.5 Å². The maximum absolute atomic E-state index is 11.9. The lowest BCUT2D eigenvalue weighted by atomic mass is 9.90. The molecule has 0 saturated carbocycles. The molecular weight excluding hydrogens is 301 g/mol. The van der Waals surface area contributed by atoms with E-state index in [1.165, 1.54) is 0 Å². The summed E-state index contributed by atoms with van der Waals surface area (Å²) in [5.74, 6) is -0.376. The topological polar surface area (TPSA) is 73.6 Å². The summed E-state index contributed by atoms with van der Waals surface area (Å²) in [6.45, 7) is 0.843. The number of carbonyl (C=O) groups excluding carboxylic acids is 1. The minimum atomic E-state index is -4.36. The van der Waals surface area contributed by atoms with Crippen LogP contribution in [-0.2, 0) is 14.3 Å². The summed E-state index contributed by atoms with van der Waals surface area (Å²) in [6.07, 6.45) is -3.57. The van der Waals surface area contributed by atoms with E-state index in [9.17, 15) is 18.0 Å². The Hall–Kier alpha value is -0.570. The van der Waals surface area contributed by atoms with Crippen molar-refractivity contribution in [2.45, 2.75) is 37.5 Å². The van der Waals surface area contributed by atoms with Crippen LogP contribution in [0.4, 0.5) is 13.2 Å². The van der Waals surface area contributed by atoms with Gasteiger partial charge < -0.3 is 20.5 Å². The number of rotatable bonds is 5. The Kier molecular flexibility index (Phi) is 7.79. The summed E-state index contributed by atoms with van der Waals surface area (Å²) in [4.78, 5) is 11.9. The molecule has 1 atom stereocenters. The van der Waals surface area contributed by atoms with Gasteiger partial charge in [-0.1, -0.05) is 0 Å². The number of amides is 1. The second-order valence-corrected chi connectivity index (χ2v) is 4.77. The van der Waals surface area contributed by atoms with Gasteiger partial charge in [0.25, 0.3) is 0 Å². The highest BCUT2D eigenvalue weighted by atomic mass is 35.5. The van der Waals surface area contributed by atoms with Crippen LogP contribution in [0, 0.1) is 0 Å². The third kappa shape index (κ3) is 6.74. The van der Waals surface area contributed by atoms with Crippen molar-refractivity contribution >= 4 is 18.3 Å². The molecule has 1 unspecified atom stereocenters. The van der Waals surface area contributed by atoms with Gasteiger partial charge in [-0.3, -0.25) is 4.79 Å². The average molecular weight is 321 g/mol. The van der Waals surface area contributed by atoms with Crippen molar-refractivity contribution in [3.8, 4) is 0 Å². The van der Waals surface area contributed by atoms with Crippen molar-refractivity contribution in [1.82, 2.24) is 5.32 Å². The van der Waals surface area contributed by atoms with E-state index in [0.29, 0.717) is 26.1 Å². The van der Waals surface area contributed by atoms with Gasteiger partial charge in [0.05, 0.1) is 12.1 Å². The molecule has 0 radical (unpaired) electrons. The zero-order chi connectivity index (χ0) is 14.5. The van der Waals surface area contributed by atoms with Crippen LogP contribution in [0.25, 0.3) is 0 Å². The van der Waals surface area contributed by atoms with Crippen LogP contribution >= 0.6 is 12.4 Å². The second kappa shape index (κ2) is 8.02. The van der Waals surface area contributed by atoms with E-state index in [2.05, 4.69) is 10.1 Å². The van der Waals surface area contributed by atoms with Gasteiger partial charge in [0, 0.05) is 19.3 Å². The van der Waals surface area contributed by atoms with E-state index in [1.807, 2.05) is 0 Å². The first kappa shape index (κ1) is 19.4. The first-order valence-corrected chi connectivity index (χ1v) is 6.05. The van der Waals surface area contributed by atoms with E-state index in [-0.39, 0.29) is 24.9 Å². The van der Waals surface area contributed by atoms with E-state index >= 15 is 0 Å². The number of carbonyl (C=O) groups is 1. The van der Waals surface area contributed by atoms with Gasteiger partial charge >= 0.3 is 6.18 Å². The van der Waals surface area contributed by atoms with E-state index < -0.39 is 24.4 Å². The molecule has 0 bridgehead atoms. The molecule has 3 N–H and O–H groups in total. The minimum Gasteiger partial charge on any atom is -0.381 e. The van der Waals surface area contributed by atoms with Crippen LogP contribution < -0.4 is 11.1 Å². The third-order valence-electron chi connectivity index (χ3n) is 2.85. The van der Waals surface area contributed by atoms with Gasteiger partial charge in [-0.2, -0.15) is 13.2 Å². The molecule has 0 aromatic rings. The number of alkyl halides is 3. The molecule has 20 heavy (non-hydrogen) atoms. The lowest BCUT2D eigenvalue weighted by Gasteiger charge is -2.32. The molecule has 0 aromatic carbocycles. The highest BCUT2D eigenvalue weighted by Crippen LogP contribution is 2.18. The van der Waals surface area contributed by atoms with Crippen LogP contribution in [-0.4, -0.2) is 50.1 Å². The lowest BCUT2D eigenvalue weighted by molar-refractivity contribution is -0.175. The van der Waals surface area contributed by atoms with Crippen LogP contribution in [0.3, 0.4) is 0 Å². The van der Waals surface area contributed by atoms with Crippen LogP contribution in [0.2, 0.25) is 0 Å². The summed E-state index contributed by atoms with van der Waals surface area (Å²) in [7, 11) is 0. The van der Waals surface area contributed by atoms with Crippen molar-refractivity contribution in [3.63, 3.8) is 0 Å². The highest BCUT2D eigenvalue weighted by molar-refractivity contribution is 5.86. The Bertz CT molecular complexity index is 310. The predicted octanol–water partition coefficient (Wildman–Crippen LogP) is 1.000. The zero-order valence-corrected chi connectivity index (χ0v) is 12.0. The van der Waals surface area contributed by atoms with Crippen molar-refractivity contribution in [1.29, 1.82) is 0 Å². The molecule has 1 saturated heterocycles. The summed E-state index contributed by atoms with van der Waals surface area (Å²) in [5, 5.41) is 2.56. The zero-order valence-electron chi connectivity index (χ0n) is 11.2. The molecule has 1 heterocycles. The molecule has 9 heteroatoms. The molecule has 5 nitrogen and oxygen atoms in total. The number of nitrogens with one attached hydrogen (secondary N) is 1. The van der Waals surface area contributed by atoms with Gasteiger partial charge in [-0.15, -0.1) is 12.4 Å². The van der Waals surface area contributed by atoms with Crippen LogP contribution in [0.5, 0.6) is 0 Å². The Morgan fingerprint density at radius 2 is 2.00 bits per heavy atom. The molecule has 1 rings (SSSR count). The lowest BCUT2D eigenvalue weighted by Crippen LogP contribution is -2.58. The molecule has 120 valence electrons. The first-order valence-electron chi connectivity index (χ1n) is 6.05. The number of ether oxygens (including phenoxy) is 2. The van der Waals surface area contributed by atoms with Gasteiger partial charge in [0.1, 0.15) is 6.61 Å². The molecule has 1 fully saturated rings. The van der Waals surface area contributed by atoms with Crippen molar-refractivity contribution in [2.75, 3.05) is 26.4 Å². The monoisotopic (exact) mass is 320 g/mol. The van der Waals surface area contributed by atoms with Crippen LogP contribution in [0.1, 0.15) is 19.8 Å². The fourth-order valence-electron chi connectivity index (χ4n) is 1.72. The van der Waals surface area contributed by atoms with Crippen molar-refractivity contribution in [3.05, 3.63) is 0 Å². The van der Waals surface area contributed by atoms with Gasteiger partial charge in [-0.25, -0.2) is 0 Å². The SMILES string of the molecule is CC(COCC(F)(F)F)NC(=O)C1(N)CCOCC1.Cl. The summed E-state index contributed by atoms with van der Waals surface area (Å²) in [6, 6.07) is -0.530. The normalized spacial score (nSPS) is 19.9. The largest absolute Gasteiger partial charge is 0.411 e. The van der Waals surface area contributed by atoms with Crippen molar-refractivity contribution < 1.29 is 27.4 Å². The standard InChI is InChI=1S/C11H19F3N2O3.ClH/c1-8(6-19-7-11(12,13)14)16-9(17)10(15)2-4-18-5-3-10;/h8H,2-7,15H2,1H3,(H,16,17);1H. The summed E-state index contributed by atoms with van der Waals surface area (Å²) < 4.78 is 45.2. The Morgan fingerprint density at radius 1 is 1.45 bits per heavy atom. The fraction of sp³-hybridized carbons (Fsp3) is 0.909. The second-order valence-electron chi connectivity index (χ2n) is 4.77. The Morgan fingerprint density at radius 3 is 2.50 bits per heavy atom. The number of hydrogen-bond acceptors (Lipinski definition) is 4. The number of nitrogens with two attached hydrogens (primary N) is 1. The molecule has 1 amide bonds. The molecular formula is C11H20ClF3N2O3. The summed E-state index contributed by atoms with van der Waals surface area (Å²) >= 11 is 0. The quantitative estimate of drug-likeness (QED) is 0.792. The maximum atomic E-state index is 11.9. The first-order chi connectivity index (χ1) is 8.73.